The lowest BCUT2D eigenvalue weighted by Gasteiger charge is -2.32. The monoisotopic (exact) mass is 286 g/mol. The lowest BCUT2D eigenvalue weighted by atomic mass is 9.72. The minimum absolute atomic E-state index is 0.512. The molecule has 3 rings (SSSR count). The summed E-state index contributed by atoms with van der Waals surface area (Å²) in [7, 11) is 0. The lowest BCUT2D eigenvalue weighted by Crippen LogP contribution is -2.35. The van der Waals surface area contributed by atoms with Gasteiger partial charge >= 0.3 is 5.97 Å². The summed E-state index contributed by atoms with van der Waals surface area (Å²) in [5, 5.41) is 9.67. The Bertz CT molecular complexity index is 654. The second-order valence-electron chi connectivity index (χ2n) is 6.21. The van der Waals surface area contributed by atoms with E-state index >= 15 is 0 Å². The van der Waals surface area contributed by atoms with Gasteiger partial charge in [-0.25, -0.2) is 4.98 Å². The van der Waals surface area contributed by atoms with Crippen molar-refractivity contribution in [2.45, 2.75) is 51.9 Å². The molecule has 1 aromatic heterocycles. The van der Waals surface area contributed by atoms with Crippen LogP contribution in [0.5, 0.6) is 0 Å². The van der Waals surface area contributed by atoms with E-state index in [1.807, 2.05) is 6.07 Å². The molecular formula is C17H22N2O2. The first kappa shape index (κ1) is 14.1. The van der Waals surface area contributed by atoms with Crippen LogP contribution >= 0.6 is 0 Å². The van der Waals surface area contributed by atoms with Crippen molar-refractivity contribution >= 4 is 17.0 Å². The number of rotatable bonds is 4. The molecule has 112 valence electrons. The van der Waals surface area contributed by atoms with Gasteiger partial charge in [0.1, 0.15) is 5.82 Å². The van der Waals surface area contributed by atoms with Gasteiger partial charge < -0.3 is 10.1 Å². The molecule has 1 aliphatic rings. The largest absolute Gasteiger partial charge is 0.481 e. The van der Waals surface area contributed by atoms with Gasteiger partial charge in [-0.2, -0.15) is 0 Å². The molecule has 2 N–H and O–H groups in total. The Balaban J connectivity index is 1.90. The average molecular weight is 286 g/mol. The lowest BCUT2D eigenvalue weighted by molar-refractivity contribution is -0.151. The summed E-state index contributed by atoms with van der Waals surface area (Å²) in [5.41, 5.74) is 2.59. The zero-order chi connectivity index (χ0) is 14.9. The summed E-state index contributed by atoms with van der Waals surface area (Å²) < 4.78 is 0. The number of carbonyl (C=O) groups is 1. The van der Waals surface area contributed by atoms with E-state index in [-0.39, 0.29) is 0 Å². The number of benzene rings is 1. The molecule has 0 saturated heterocycles. The molecule has 0 radical (unpaired) electrons. The maximum Gasteiger partial charge on any atom is 0.310 e. The van der Waals surface area contributed by atoms with E-state index in [9.17, 15) is 9.90 Å². The fourth-order valence-electron chi connectivity index (χ4n) is 3.43. The van der Waals surface area contributed by atoms with Crippen LogP contribution in [-0.4, -0.2) is 21.0 Å². The highest BCUT2D eigenvalue weighted by Gasteiger charge is 2.40. The Labute approximate surface area is 124 Å². The maximum absolute atomic E-state index is 11.8. The minimum atomic E-state index is -0.670. The van der Waals surface area contributed by atoms with Gasteiger partial charge in [0.05, 0.1) is 16.4 Å². The zero-order valence-electron chi connectivity index (χ0n) is 12.5. The van der Waals surface area contributed by atoms with Crippen LogP contribution in [0.15, 0.2) is 18.2 Å². The Kier molecular flexibility index (Phi) is 3.70. The van der Waals surface area contributed by atoms with Crippen LogP contribution in [0.2, 0.25) is 0 Å². The van der Waals surface area contributed by atoms with Gasteiger partial charge in [-0.1, -0.05) is 32.3 Å². The highest BCUT2D eigenvalue weighted by atomic mass is 16.4. The van der Waals surface area contributed by atoms with Gasteiger partial charge in [-0.05, 0) is 37.0 Å². The standard InChI is InChI=1S/C17H22N2O2/c1-2-12-6-7-13-14(10-12)19-15(18-13)11-17(16(20)21)8-4-3-5-9-17/h6-7,10H,2-5,8-9,11H2,1H3,(H,18,19)(H,20,21). The number of nitrogens with zero attached hydrogens (tertiary/aromatic N) is 1. The Morgan fingerprint density at radius 2 is 2.10 bits per heavy atom. The number of hydrogen-bond acceptors (Lipinski definition) is 2. The number of fused-ring (bicyclic) bond motifs is 1. The van der Waals surface area contributed by atoms with Crippen molar-refractivity contribution in [2.75, 3.05) is 0 Å². The van der Waals surface area contributed by atoms with Crippen molar-refractivity contribution in [2.24, 2.45) is 5.41 Å². The quantitative estimate of drug-likeness (QED) is 0.900. The smallest absolute Gasteiger partial charge is 0.310 e. The third-order valence-electron chi connectivity index (χ3n) is 4.77. The van der Waals surface area contributed by atoms with Crippen LogP contribution in [0.3, 0.4) is 0 Å². The molecule has 0 aliphatic heterocycles. The molecule has 1 aliphatic carbocycles. The van der Waals surface area contributed by atoms with Crippen molar-refractivity contribution in [1.29, 1.82) is 0 Å². The molecule has 4 nitrogen and oxygen atoms in total. The summed E-state index contributed by atoms with van der Waals surface area (Å²) in [4.78, 5) is 19.7. The van der Waals surface area contributed by atoms with Crippen LogP contribution in [0.25, 0.3) is 11.0 Å². The number of nitrogens with one attached hydrogen (secondary N) is 1. The van der Waals surface area contributed by atoms with Crippen molar-refractivity contribution in [3.05, 3.63) is 29.6 Å². The Hall–Kier alpha value is -1.84. The number of aliphatic carboxylic acids is 1. The number of carboxylic acids is 1. The first-order valence-electron chi connectivity index (χ1n) is 7.84. The highest BCUT2D eigenvalue weighted by molar-refractivity contribution is 5.77. The number of aromatic amines is 1. The second-order valence-corrected chi connectivity index (χ2v) is 6.21. The van der Waals surface area contributed by atoms with Gasteiger partial charge in [0.2, 0.25) is 0 Å². The fraction of sp³-hybridized carbons (Fsp3) is 0.529. The van der Waals surface area contributed by atoms with Crippen molar-refractivity contribution in [1.82, 2.24) is 9.97 Å². The molecule has 1 saturated carbocycles. The van der Waals surface area contributed by atoms with Crippen LogP contribution in [0.4, 0.5) is 0 Å². The zero-order valence-corrected chi connectivity index (χ0v) is 12.5. The van der Waals surface area contributed by atoms with Gasteiger partial charge in [0, 0.05) is 6.42 Å². The van der Waals surface area contributed by atoms with E-state index in [0.29, 0.717) is 6.42 Å². The summed E-state index contributed by atoms with van der Waals surface area (Å²) in [6, 6.07) is 6.21. The van der Waals surface area contributed by atoms with Crippen LogP contribution < -0.4 is 0 Å². The van der Waals surface area contributed by atoms with E-state index in [0.717, 1.165) is 55.4 Å². The molecule has 4 heteroatoms. The molecule has 1 heterocycles. The molecule has 0 amide bonds. The predicted molar refractivity (Wildman–Crippen MR) is 82.3 cm³/mol. The molecular weight excluding hydrogens is 264 g/mol. The molecule has 0 spiro atoms. The van der Waals surface area contributed by atoms with E-state index in [1.54, 1.807) is 0 Å². The number of carboxylic acid groups (broad SMARTS) is 1. The number of H-pyrrole nitrogens is 1. The van der Waals surface area contributed by atoms with Crippen LogP contribution in [0.1, 0.15) is 50.4 Å². The van der Waals surface area contributed by atoms with Crippen molar-refractivity contribution < 1.29 is 9.90 Å². The normalized spacial score (nSPS) is 18.0. The van der Waals surface area contributed by atoms with Gasteiger partial charge in [0.25, 0.3) is 0 Å². The maximum atomic E-state index is 11.8. The summed E-state index contributed by atoms with van der Waals surface area (Å²) in [6.45, 7) is 2.12. The second kappa shape index (κ2) is 5.51. The number of hydrogen-bond donors (Lipinski definition) is 2. The topological polar surface area (TPSA) is 66.0 Å². The van der Waals surface area contributed by atoms with E-state index in [2.05, 4.69) is 29.0 Å². The Morgan fingerprint density at radius 3 is 2.76 bits per heavy atom. The van der Waals surface area contributed by atoms with Crippen LogP contribution in [-0.2, 0) is 17.6 Å². The van der Waals surface area contributed by atoms with Gasteiger partial charge in [-0.15, -0.1) is 0 Å². The number of imidazole rings is 1. The summed E-state index contributed by atoms with van der Waals surface area (Å²) in [5.74, 6) is 0.138. The number of aromatic nitrogens is 2. The average Bonchev–Trinajstić information content (AvgIpc) is 2.88. The summed E-state index contributed by atoms with van der Waals surface area (Å²) >= 11 is 0. The molecule has 1 fully saturated rings. The van der Waals surface area contributed by atoms with Crippen molar-refractivity contribution in [3.63, 3.8) is 0 Å². The van der Waals surface area contributed by atoms with E-state index < -0.39 is 11.4 Å². The van der Waals surface area contributed by atoms with E-state index in [4.69, 9.17) is 0 Å². The van der Waals surface area contributed by atoms with Crippen molar-refractivity contribution in [3.8, 4) is 0 Å². The molecule has 0 unspecified atom stereocenters. The molecule has 1 aromatic carbocycles. The third kappa shape index (κ3) is 2.67. The molecule has 2 aromatic rings. The SMILES string of the molecule is CCc1ccc2nc(CC3(C(=O)O)CCCCC3)[nH]c2c1. The third-order valence-corrected chi connectivity index (χ3v) is 4.77. The van der Waals surface area contributed by atoms with Crippen LogP contribution in [0, 0.1) is 5.41 Å². The minimum Gasteiger partial charge on any atom is -0.481 e. The first-order valence-corrected chi connectivity index (χ1v) is 7.84. The molecule has 0 atom stereocenters. The molecule has 0 bridgehead atoms. The first-order chi connectivity index (χ1) is 10.1. The Morgan fingerprint density at radius 1 is 1.33 bits per heavy atom. The molecule has 21 heavy (non-hydrogen) atoms. The van der Waals surface area contributed by atoms with Gasteiger partial charge in [0.15, 0.2) is 0 Å². The predicted octanol–water partition coefficient (Wildman–Crippen LogP) is 3.70. The number of aryl methyl sites for hydroxylation is 1. The van der Waals surface area contributed by atoms with E-state index in [1.165, 1.54) is 5.56 Å². The fourth-order valence-corrected chi connectivity index (χ4v) is 3.43. The van der Waals surface area contributed by atoms with Gasteiger partial charge in [-0.3, -0.25) is 4.79 Å². The summed E-state index contributed by atoms with van der Waals surface area (Å²) in [6.07, 6.45) is 6.19. The highest BCUT2D eigenvalue weighted by Crippen LogP contribution is 2.39.